The molecule has 230 valence electrons. The van der Waals surface area contributed by atoms with E-state index in [4.69, 9.17) is 19.6 Å². The number of fused-ring (bicyclic) bond motifs is 1. The van der Waals surface area contributed by atoms with Gasteiger partial charge in [-0.2, -0.15) is 0 Å². The zero-order valence-corrected chi connectivity index (χ0v) is 25.8. The molecule has 1 atom stereocenters. The minimum absolute atomic E-state index is 0.218. The molecule has 0 unspecified atom stereocenters. The van der Waals surface area contributed by atoms with Crippen LogP contribution in [0.1, 0.15) is 40.0 Å². The number of ether oxygens (including phenoxy) is 2. The number of aromatic nitrogens is 1. The van der Waals surface area contributed by atoms with Gasteiger partial charge in [-0.15, -0.1) is 0 Å². The molecule has 1 aliphatic rings. The molecule has 0 saturated carbocycles. The van der Waals surface area contributed by atoms with Crippen LogP contribution in [-0.2, 0) is 11.4 Å². The van der Waals surface area contributed by atoms with Crippen molar-refractivity contribution in [1.29, 1.82) is 0 Å². The summed E-state index contributed by atoms with van der Waals surface area (Å²) in [5, 5.41) is 12.0. The lowest BCUT2D eigenvalue weighted by molar-refractivity contribution is -0.113. The summed E-state index contributed by atoms with van der Waals surface area (Å²) >= 11 is 1.26. The van der Waals surface area contributed by atoms with Crippen LogP contribution < -0.4 is 29.7 Å². The highest BCUT2D eigenvalue weighted by Gasteiger charge is 2.32. The van der Waals surface area contributed by atoms with Crippen LogP contribution in [0, 0.1) is 0 Å². The van der Waals surface area contributed by atoms with E-state index in [0.29, 0.717) is 37.8 Å². The van der Waals surface area contributed by atoms with Crippen molar-refractivity contribution >= 4 is 35.0 Å². The number of amides is 1. The van der Waals surface area contributed by atoms with E-state index in [9.17, 15) is 14.4 Å². The van der Waals surface area contributed by atoms with E-state index in [1.165, 1.54) is 11.3 Å². The van der Waals surface area contributed by atoms with Gasteiger partial charge in [0.15, 0.2) is 4.80 Å². The van der Waals surface area contributed by atoms with Crippen LogP contribution in [0.5, 0.6) is 11.5 Å². The largest absolute Gasteiger partial charge is 0.497 e. The van der Waals surface area contributed by atoms with Gasteiger partial charge in [-0.1, -0.05) is 65.9 Å². The van der Waals surface area contributed by atoms with E-state index in [2.05, 4.69) is 5.32 Å². The number of anilines is 1. The number of rotatable bonds is 9. The zero-order chi connectivity index (χ0) is 32.2. The average molecular weight is 632 g/mol. The Balaban J connectivity index is 1.31. The fourth-order valence-electron chi connectivity index (χ4n) is 5.18. The number of carbonyl (C=O) groups is 2. The number of para-hydroxylation sites is 1. The van der Waals surface area contributed by atoms with Crippen molar-refractivity contribution in [3.63, 3.8) is 0 Å². The number of carbonyl (C=O) groups excluding carboxylic acids is 1. The number of carboxylic acid groups (broad SMARTS) is 1. The molecule has 0 aliphatic carbocycles. The first kappa shape index (κ1) is 30.3. The number of thiazole rings is 1. The second-order valence-electron chi connectivity index (χ2n) is 10.5. The highest BCUT2D eigenvalue weighted by atomic mass is 32.1. The summed E-state index contributed by atoms with van der Waals surface area (Å²) in [6.45, 7) is 2.06. The van der Waals surface area contributed by atoms with Gasteiger partial charge in [0.1, 0.15) is 18.1 Å². The van der Waals surface area contributed by atoms with E-state index in [-0.39, 0.29) is 23.6 Å². The summed E-state index contributed by atoms with van der Waals surface area (Å²) in [5.74, 6) is -0.0845. The van der Waals surface area contributed by atoms with E-state index in [1.807, 2.05) is 66.7 Å². The fraction of sp³-hybridized carbons (Fsp3) is 0.111. The molecule has 0 fully saturated rings. The zero-order valence-electron chi connectivity index (χ0n) is 25.0. The molecule has 0 bridgehead atoms. The Morgan fingerprint density at radius 3 is 2.39 bits per heavy atom. The minimum Gasteiger partial charge on any atom is -0.497 e. The molecule has 1 aromatic heterocycles. The third-order valence-electron chi connectivity index (χ3n) is 7.49. The summed E-state index contributed by atoms with van der Waals surface area (Å²) in [6.07, 6.45) is 1.80. The van der Waals surface area contributed by atoms with Gasteiger partial charge >= 0.3 is 5.97 Å². The molecule has 1 amide bonds. The predicted molar refractivity (Wildman–Crippen MR) is 176 cm³/mol. The Morgan fingerprint density at radius 2 is 1.70 bits per heavy atom. The maximum atomic E-state index is 14.0. The molecule has 5 aromatic rings. The molecule has 10 heteroatoms. The number of hydrogen-bond acceptors (Lipinski definition) is 7. The van der Waals surface area contributed by atoms with E-state index in [1.54, 1.807) is 61.1 Å². The van der Waals surface area contributed by atoms with E-state index >= 15 is 0 Å². The topological polar surface area (TPSA) is 119 Å². The SMILES string of the molecule is COc1cccc([C@@H]2C(C(=O)Nc3ccccc3)=C(C)N=c3s/c(=C/c4ccc(OCc5ccc(C(=O)O)cc5)cc4)c(=O)n32)c1. The van der Waals surface area contributed by atoms with Crippen molar-refractivity contribution in [3.05, 3.63) is 156 Å². The highest BCUT2D eigenvalue weighted by molar-refractivity contribution is 7.07. The van der Waals surface area contributed by atoms with Crippen LogP contribution >= 0.6 is 11.3 Å². The van der Waals surface area contributed by atoms with Crippen molar-refractivity contribution in [2.24, 2.45) is 4.99 Å². The number of benzene rings is 4. The Bertz CT molecular complexity index is 2130. The van der Waals surface area contributed by atoms with Crippen LogP contribution in [-0.4, -0.2) is 28.7 Å². The first-order valence-electron chi connectivity index (χ1n) is 14.4. The van der Waals surface area contributed by atoms with Gasteiger partial charge in [-0.3, -0.25) is 14.2 Å². The first-order valence-corrected chi connectivity index (χ1v) is 15.2. The lowest BCUT2D eigenvalue weighted by Crippen LogP contribution is -2.40. The number of aromatic carboxylic acids is 1. The number of nitrogens with one attached hydrogen (secondary N) is 1. The van der Waals surface area contributed by atoms with Gasteiger partial charge in [0.25, 0.3) is 11.5 Å². The Labute approximate surface area is 268 Å². The summed E-state index contributed by atoms with van der Waals surface area (Å²) in [7, 11) is 1.57. The maximum absolute atomic E-state index is 14.0. The molecule has 4 aromatic carbocycles. The van der Waals surface area contributed by atoms with Crippen molar-refractivity contribution in [2.45, 2.75) is 19.6 Å². The van der Waals surface area contributed by atoms with Crippen molar-refractivity contribution in [3.8, 4) is 11.5 Å². The van der Waals surface area contributed by atoms with Gasteiger partial charge in [0, 0.05) is 5.69 Å². The molecule has 2 N–H and O–H groups in total. The van der Waals surface area contributed by atoms with Crippen LogP contribution in [0.3, 0.4) is 0 Å². The van der Waals surface area contributed by atoms with Crippen LogP contribution in [0.2, 0.25) is 0 Å². The smallest absolute Gasteiger partial charge is 0.335 e. The molecule has 0 spiro atoms. The molecule has 0 saturated heterocycles. The average Bonchev–Trinajstić information content (AvgIpc) is 3.37. The molecule has 2 heterocycles. The van der Waals surface area contributed by atoms with Gasteiger partial charge in [-0.25, -0.2) is 9.79 Å². The maximum Gasteiger partial charge on any atom is 0.335 e. The molecule has 6 rings (SSSR count). The number of hydrogen-bond donors (Lipinski definition) is 2. The van der Waals surface area contributed by atoms with Crippen molar-refractivity contribution in [2.75, 3.05) is 12.4 Å². The Hall–Kier alpha value is -5.74. The first-order chi connectivity index (χ1) is 22.3. The molecule has 46 heavy (non-hydrogen) atoms. The van der Waals surface area contributed by atoms with Crippen molar-refractivity contribution < 1.29 is 24.2 Å². The van der Waals surface area contributed by atoms with Gasteiger partial charge in [0.05, 0.1) is 34.5 Å². The normalized spacial score (nSPS) is 14.3. The molecular weight excluding hydrogens is 602 g/mol. The summed E-state index contributed by atoms with van der Waals surface area (Å²) in [6, 6.07) is 29.6. The molecule has 1 aliphatic heterocycles. The van der Waals surface area contributed by atoms with Crippen LogP contribution in [0.15, 0.2) is 124 Å². The standard InChI is InChI=1S/C36H29N3O6S/c1-22-31(33(40)38-27-8-4-3-5-9-27)32(26-7-6-10-29(20-26)44-2)39-34(41)30(46-36(39)37-22)19-23-13-17-28(18-14-23)45-21-24-11-15-25(16-12-24)35(42)43/h3-20,32H,21H2,1-2H3,(H,38,40)(H,42,43)/b30-19+/t32-/m1/s1. The second kappa shape index (κ2) is 13.1. The third-order valence-corrected chi connectivity index (χ3v) is 8.47. The lowest BCUT2D eigenvalue weighted by atomic mass is 9.95. The second-order valence-corrected chi connectivity index (χ2v) is 11.5. The quantitative estimate of drug-likeness (QED) is 0.232. The highest BCUT2D eigenvalue weighted by Crippen LogP contribution is 2.32. The van der Waals surface area contributed by atoms with Crippen molar-refractivity contribution in [1.82, 2.24) is 4.57 Å². The lowest BCUT2D eigenvalue weighted by Gasteiger charge is -2.25. The Kier molecular flexibility index (Phi) is 8.62. The van der Waals surface area contributed by atoms with Crippen LogP contribution in [0.25, 0.3) is 6.08 Å². The molecule has 9 nitrogen and oxygen atoms in total. The molecule has 0 radical (unpaired) electrons. The summed E-state index contributed by atoms with van der Waals surface area (Å²) in [5.41, 5.74) is 3.83. The summed E-state index contributed by atoms with van der Waals surface area (Å²) in [4.78, 5) is 44.0. The number of carboxylic acids is 1. The van der Waals surface area contributed by atoms with E-state index < -0.39 is 12.0 Å². The van der Waals surface area contributed by atoms with Crippen LogP contribution in [0.4, 0.5) is 5.69 Å². The van der Waals surface area contributed by atoms with E-state index in [0.717, 1.165) is 16.7 Å². The van der Waals surface area contributed by atoms with Gasteiger partial charge < -0.3 is 19.9 Å². The number of nitrogens with zero attached hydrogens (tertiary/aromatic N) is 2. The minimum atomic E-state index is -0.976. The Morgan fingerprint density at radius 1 is 0.957 bits per heavy atom. The van der Waals surface area contributed by atoms with Gasteiger partial charge in [-0.05, 0) is 78.2 Å². The summed E-state index contributed by atoms with van der Waals surface area (Å²) < 4.78 is 13.4. The monoisotopic (exact) mass is 631 g/mol. The molecular formula is C36H29N3O6S. The third kappa shape index (κ3) is 6.38. The fourth-order valence-corrected chi connectivity index (χ4v) is 6.23. The van der Waals surface area contributed by atoms with Gasteiger partial charge in [0.2, 0.25) is 0 Å². The number of allylic oxidation sites excluding steroid dienone is 1. The number of methoxy groups -OCH3 is 1. The predicted octanol–water partition coefficient (Wildman–Crippen LogP) is 5.16.